The number of hydrogen-bond acceptors (Lipinski definition) is 4. The van der Waals surface area contributed by atoms with Gasteiger partial charge in [-0.25, -0.2) is 8.42 Å². The molecule has 1 fully saturated rings. The molecule has 2 rings (SSSR count). The Balaban J connectivity index is 2.44. The zero-order valence-corrected chi connectivity index (χ0v) is 14.4. The molecule has 0 spiro atoms. The molecular weight excluding hydrogens is 322 g/mol. The van der Waals surface area contributed by atoms with Crippen LogP contribution in [0, 0.1) is 6.92 Å². The Morgan fingerprint density at radius 1 is 1.47 bits per heavy atom. The maximum absolute atomic E-state index is 12.9. The van der Waals surface area contributed by atoms with Gasteiger partial charge in [0.1, 0.15) is 4.90 Å². The predicted molar refractivity (Wildman–Crippen MR) is 83.9 cm³/mol. The smallest absolute Gasteiger partial charge is 0.207 e. The van der Waals surface area contributed by atoms with Gasteiger partial charge in [-0.15, -0.1) is 22.9 Å². The van der Waals surface area contributed by atoms with Crippen LogP contribution >= 0.6 is 34.7 Å². The summed E-state index contributed by atoms with van der Waals surface area (Å²) in [5, 5.41) is 2.19. The highest BCUT2D eigenvalue weighted by molar-refractivity contribution is 8.00. The molecule has 1 saturated heterocycles. The Morgan fingerprint density at radius 2 is 2.16 bits per heavy atom. The molecule has 2 unspecified atom stereocenters. The molecule has 7 heteroatoms. The summed E-state index contributed by atoms with van der Waals surface area (Å²) >= 11 is 9.13. The van der Waals surface area contributed by atoms with Crippen LogP contribution in [0.2, 0.25) is 0 Å². The lowest BCUT2D eigenvalue weighted by molar-refractivity contribution is 0.340. The lowest BCUT2D eigenvalue weighted by Gasteiger charge is -2.36. The van der Waals surface area contributed by atoms with Crippen molar-refractivity contribution in [2.45, 2.75) is 42.8 Å². The lowest BCUT2D eigenvalue weighted by atomic mass is 10.2. The third-order valence-electron chi connectivity index (χ3n) is 3.50. The average molecular weight is 340 g/mol. The number of aryl methyl sites for hydroxylation is 1. The molecule has 0 aliphatic carbocycles. The molecule has 19 heavy (non-hydrogen) atoms. The fraction of sp³-hybridized carbons (Fsp3) is 0.667. The summed E-state index contributed by atoms with van der Waals surface area (Å²) < 4.78 is 27.4. The van der Waals surface area contributed by atoms with Gasteiger partial charge in [0.05, 0.1) is 5.88 Å². The normalized spacial score (nSPS) is 25.7. The molecule has 1 aromatic heterocycles. The van der Waals surface area contributed by atoms with Gasteiger partial charge in [-0.3, -0.25) is 0 Å². The van der Waals surface area contributed by atoms with Crippen LogP contribution in [0.5, 0.6) is 0 Å². The van der Waals surface area contributed by atoms with Crippen LogP contribution in [0.3, 0.4) is 0 Å². The highest BCUT2D eigenvalue weighted by Gasteiger charge is 2.37. The van der Waals surface area contributed by atoms with Gasteiger partial charge in [0, 0.05) is 28.5 Å². The number of nitrogens with zero attached hydrogens (tertiary/aromatic N) is 1. The minimum atomic E-state index is -3.43. The fourth-order valence-corrected chi connectivity index (χ4v) is 7.30. The van der Waals surface area contributed by atoms with Gasteiger partial charge < -0.3 is 0 Å². The second kappa shape index (κ2) is 5.93. The van der Waals surface area contributed by atoms with E-state index in [4.69, 9.17) is 11.6 Å². The summed E-state index contributed by atoms with van der Waals surface area (Å²) in [6, 6.07) is 0.0197. The van der Waals surface area contributed by atoms with Gasteiger partial charge in [-0.2, -0.15) is 16.1 Å². The van der Waals surface area contributed by atoms with Crippen molar-refractivity contribution in [3.8, 4) is 0 Å². The lowest BCUT2D eigenvalue weighted by Crippen LogP contribution is -2.48. The van der Waals surface area contributed by atoms with Crippen LogP contribution in [0.4, 0.5) is 0 Å². The van der Waals surface area contributed by atoms with Gasteiger partial charge in [-0.1, -0.05) is 6.92 Å². The third-order valence-corrected chi connectivity index (χ3v) is 8.72. The first kappa shape index (κ1) is 15.6. The minimum Gasteiger partial charge on any atom is -0.207 e. The number of alkyl halides is 1. The van der Waals surface area contributed by atoms with Gasteiger partial charge in [-0.05, 0) is 24.8 Å². The first-order valence-electron chi connectivity index (χ1n) is 6.16. The Labute approximate surface area is 128 Å². The second-order valence-corrected chi connectivity index (χ2v) is 9.28. The Bertz CT molecular complexity index is 555. The van der Waals surface area contributed by atoms with E-state index < -0.39 is 10.0 Å². The zero-order valence-electron chi connectivity index (χ0n) is 11.2. The van der Waals surface area contributed by atoms with Crippen LogP contribution < -0.4 is 0 Å². The molecule has 2 heterocycles. The van der Waals surface area contributed by atoms with Gasteiger partial charge >= 0.3 is 0 Å². The van der Waals surface area contributed by atoms with Crippen LogP contribution in [0.15, 0.2) is 10.3 Å². The summed E-state index contributed by atoms with van der Waals surface area (Å²) in [7, 11) is -3.43. The van der Waals surface area contributed by atoms with Crippen molar-refractivity contribution in [1.29, 1.82) is 0 Å². The molecule has 108 valence electrons. The summed E-state index contributed by atoms with van der Waals surface area (Å²) in [4.78, 5) is 1.18. The standard InChI is InChI=1S/C12H18ClNO2S3/c1-8-7-18-11(6-13)12(8)19(15,16)14-4-5-17-10(3)9(14)2/h7,9-10H,4-6H2,1-3H3. The van der Waals surface area contributed by atoms with E-state index >= 15 is 0 Å². The first-order chi connectivity index (χ1) is 8.89. The fourth-order valence-electron chi connectivity index (χ4n) is 2.29. The van der Waals surface area contributed by atoms with E-state index in [1.54, 1.807) is 4.31 Å². The Morgan fingerprint density at radius 3 is 2.79 bits per heavy atom. The van der Waals surface area contributed by atoms with E-state index in [-0.39, 0.29) is 11.9 Å². The van der Waals surface area contributed by atoms with Crippen molar-refractivity contribution in [1.82, 2.24) is 4.31 Å². The van der Waals surface area contributed by atoms with Crippen molar-refractivity contribution >= 4 is 44.7 Å². The molecule has 3 nitrogen and oxygen atoms in total. The summed E-state index contributed by atoms with van der Waals surface area (Å²) in [6.07, 6.45) is 0. The van der Waals surface area contributed by atoms with Crippen molar-refractivity contribution in [3.05, 3.63) is 15.8 Å². The third kappa shape index (κ3) is 2.83. The number of thioether (sulfide) groups is 1. The van der Waals surface area contributed by atoms with Crippen molar-refractivity contribution in [2.24, 2.45) is 0 Å². The topological polar surface area (TPSA) is 37.4 Å². The van der Waals surface area contributed by atoms with E-state index in [1.165, 1.54) is 11.3 Å². The van der Waals surface area contributed by atoms with E-state index in [1.807, 2.05) is 31.0 Å². The Hall–Kier alpha value is 0.250. The monoisotopic (exact) mass is 339 g/mol. The quantitative estimate of drug-likeness (QED) is 0.793. The molecule has 1 aliphatic rings. The SMILES string of the molecule is Cc1csc(CCl)c1S(=O)(=O)N1CCSC(C)C1C. The summed E-state index contributed by atoms with van der Waals surface area (Å²) in [5.41, 5.74) is 0.804. The zero-order chi connectivity index (χ0) is 14.2. The van der Waals surface area contributed by atoms with E-state index in [0.29, 0.717) is 16.7 Å². The van der Waals surface area contributed by atoms with Crippen LogP contribution in [-0.2, 0) is 15.9 Å². The maximum Gasteiger partial charge on any atom is 0.244 e. The first-order valence-corrected chi connectivity index (χ1v) is 10.1. The van der Waals surface area contributed by atoms with E-state index in [9.17, 15) is 8.42 Å². The summed E-state index contributed by atoms with van der Waals surface area (Å²) in [6.45, 7) is 6.48. The molecule has 1 aromatic rings. The molecule has 0 amide bonds. The molecule has 1 aliphatic heterocycles. The van der Waals surface area contributed by atoms with Crippen molar-refractivity contribution in [3.63, 3.8) is 0 Å². The molecule has 0 aromatic carbocycles. The second-order valence-electron chi connectivity index (χ2n) is 4.74. The van der Waals surface area contributed by atoms with Crippen LogP contribution in [0.25, 0.3) is 0 Å². The largest absolute Gasteiger partial charge is 0.244 e. The highest BCUT2D eigenvalue weighted by atomic mass is 35.5. The molecule has 0 bridgehead atoms. The van der Waals surface area contributed by atoms with Crippen molar-refractivity contribution < 1.29 is 8.42 Å². The number of thiophene rings is 1. The number of halogens is 1. The van der Waals surface area contributed by atoms with E-state index in [0.717, 1.165) is 16.2 Å². The number of rotatable bonds is 3. The number of sulfonamides is 1. The van der Waals surface area contributed by atoms with Crippen molar-refractivity contribution in [2.75, 3.05) is 12.3 Å². The highest BCUT2D eigenvalue weighted by Crippen LogP contribution is 2.35. The summed E-state index contributed by atoms with van der Waals surface area (Å²) in [5.74, 6) is 1.10. The predicted octanol–water partition coefficient (Wildman–Crippen LogP) is 3.31. The van der Waals surface area contributed by atoms with Crippen LogP contribution in [-0.4, -0.2) is 36.3 Å². The minimum absolute atomic E-state index is 0.0197. The van der Waals surface area contributed by atoms with Gasteiger partial charge in [0.25, 0.3) is 0 Å². The van der Waals surface area contributed by atoms with Gasteiger partial charge in [0.15, 0.2) is 0 Å². The molecular formula is C12H18ClNO2S3. The van der Waals surface area contributed by atoms with Gasteiger partial charge in [0.2, 0.25) is 10.0 Å². The average Bonchev–Trinajstić information content (AvgIpc) is 2.74. The maximum atomic E-state index is 12.9. The van der Waals surface area contributed by atoms with Crippen LogP contribution in [0.1, 0.15) is 24.3 Å². The molecule has 0 N–H and O–H groups in total. The Kier molecular flexibility index (Phi) is 4.88. The van der Waals surface area contributed by atoms with E-state index in [2.05, 4.69) is 6.92 Å². The molecule has 2 atom stereocenters. The number of hydrogen-bond donors (Lipinski definition) is 0. The molecule has 0 saturated carbocycles. The molecule has 0 radical (unpaired) electrons.